The molecule has 0 spiro atoms. The molecular formula is C25H24N2O3. The lowest BCUT2D eigenvalue weighted by Crippen LogP contribution is -2.33. The van der Waals surface area contributed by atoms with Crippen LogP contribution in [0.2, 0.25) is 0 Å². The molecule has 0 bridgehead atoms. The molecule has 1 aromatic heterocycles. The van der Waals surface area contributed by atoms with Gasteiger partial charge in [-0.25, -0.2) is 0 Å². The van der Waals surface area contributed by atoms with E-state index in [1.807, 2.05) is 54.6 Å². The van der Waals surface area contributed by atoms with Crippen LogP contribution in [-0.2, 0) is 17.8 Å². The number of carbonyl (C=O) groups is 1. The Morgan fingerprint density at radius 1 is 1.13 bits per heavy atom. The van der Waals surface area contributed by atoms with Gasteiger partial charge in [0, 0.05) is 36.5 Å². The first-order valence-corrected chi connectivity index (χ1v) is 10.0. The summed E-state index contributed by atoms with van der Waals surface area (Å²) in [5, 5.41) is 2.97. The molecule has 0 aliphatic carbocycles. The van der Waals surface area contributed by atoms with Crippen LogP contribution in [0.5, 0.6) is 11.5 Å². The van der Waals surface area contributed by atoms with Gasteiger partial charge in [-0.1, -0.05) is 36.4 Å². The molecule has 1 N–H and O–H groups in total. The van der Waals surface area contributed by atoms with E-state index >= 15 is 0 Å². The van der Waals surface area contributed by atoms with Crippen molar-refractivity contribution in [1.82, 2.24) is 10.3 Å². The van der Waals surface area contributed by atoms with Crippen LogP contribution < -0.4 is 14.8 Å². The Balaban J connectivity index is 1.22. The molecule has 0 fully saturated rings. The van der Waals surface area contributed by atoms with Gasteiger partial charge in [-0.05, 0) is 47.9 Å². The van der Waals surface area contributed by atoms with Gasteiger partial charge >= 0.3 is 0 Å². The second-order valence-electron chi connectivity index (χ2n) is 7.29. The lowest BCUT2D eigenvalue weighted by Gasteiger charge is -2.25. The van der Waals surface area contributed by atoms with Gasteiger partial charge in [0.2, 0.25) is 5.91 Å². The van der Waals surface area contributed by atoms with Crippen molar-refractivity contribution in [2.24, 2.45) is 5.92 Å². The summed E-state index contributed by atoms with van der Waals surface area (Å²) in [7, 11) is 0. The number of para-hydroxylation sites is 1. The van der Waals surface area contributed by atoms with Crippen LogP contribution in [0.4, 0.5) is 0 Å². The molecule has 1 amide bonds. The van der Waals surface area contributed by atoms with E-state index in [1.54, 1.807) is 24.5 Å². The number of ether oxygens (including phenoxy) is 2. The van der Waals surface area contributed by atoms with E-state index in [0.717, 1.165) is 29.0 Å². The number of carbonyl (C=O) groups excluding carboxylic acids is 1. The minimum Gasteiger partial charge on any atom is -0.493 e. The van der Waals surface area contributed by atoms with Gasteiger partial charge in [0.1, 0.15) is 18.1 Å². The van der Waals surface area contributed by atoms with Crippen LogP contribution in [0.15, 0.2) is 79.1 Å². The van der Waals surface area contributed by atoms with Crippen molar-refractivity contribution in [3.63, 3.8) is 0 Å². The molecule has 152 valence electrons. The highest BCUT2D eigenvalue weighted by molar-refractivity contribution is 5.91. The predicted octanol–water partition coefficient (Wildman–Crippen LogP) is 4.04. The quantitative estimate of drug-likeness (QED) is 0.608. The number of amides is 1. The van der Waals surface area contributed by atoms with Crippen LogP contribution in [0.1, 0.15) is 16.7 Å². The maximum Gasteiger partial charge on any atom is 0.244 e. The summed E-state index contributed by atoms with van der Waals surface area (Å²) in [5.41, 5.74) is 3.16. The van der Waals surface area contributed by atoms with E-state index in [2.05, 4.69) is 16.4 Å². The second kappa shape index (κ2) is 9.74. The summed E-state index contributed by atoms with van der Waals surface area (Å²) < 4.78 is 11.5. The van der Waals surface area contributed by atoms with E-state index in [4.69, 9.17) is 9.47 Å². The molecule has 3 aromatic rings. The Hall–Kier alpha value is -3.60. The Labute approximate surface area is 176 Å². The molecule has 0 radical (unpaired) electrons. The van der Waals surface area contributed by atoms with Gasteiger partial charge in [0.15, 0.2) is 0 Å². The van der Waals surface area contributed by atoms with Crippen LogP contribution in [0.25, 0.3) is 6.08 Å². The fraction of sp³-hybridized carbons (Fsp3) is 0.200. The molecular weight excluding hydrogens is 376 g/mol. The second-order valence-corrected chi connectivity index (χ2v) is 7.29. The molecule has 1 aliphatic heterocycles. The molecule has 0 saturated heterocycles. The van der Waals surface area contributed by atoms with Crippen LogP contribution in [0, 0.1) is 5.92 Å². The van der Waals surface area contributed by atoms with Crippen LogP contribution >= 0.6 is 0 Å². The van der Waals surface area contributed by atoms with Gasteiger partial charge < -0.3 is 14.8 Å². The SMILES string of the molecule is O=C(C=Cc1ccc(OCc2cccnc2)cc1)NCC1COc2ccccc2C1. The largest absolute Gasteiger partial charge is 0.493 e. The van der Waals surface area contributed by atoms with Crippen molar-refractivity contribution in [2.45, 2.75) is 13.0 Å². The minimum atomic E-state index is -0.106. The number of hydrogen-bond acceptors (Lipinski definition) is 4. The van der Waals surface area contributed by atoms with Gasteiger partial charge in [-0.3, -0.25) is 9.78 Å². The fourth-order valence-corrected chi connectivity index (χ4v) is 3.32. The Morgan fingerprint density at radius 3 is 2.83 bits per heavy atom. The number of nitrogens with one attached hydrogen (secondary N) is 1. The highest BCUT2D eigenvalue weighted by Crippen LogP contribution is 2.26. The third kappa shape index (κ3) is 5.47. The van der Waals surface area contributed by atoms with Crippen molar-refractivity contribution >= 4 is 12.0 Å². The summed E-state index contributed by atoms with van der Waals surface area (Å²) in [5.74, 6) is 1.91. The highest BCUT2D eigenvalue weighted by atomic mass is 16.5. The molecule has 4 rings (SSSR count). The number of nitrogens with zero attached hydrogens (tertiary/aromatic N) is 1. The summed E-state index contributed by atoms with van der Waals surface area (Å²) in [4.78, 5) is 16.2. The number of aromatic nitrogens is 1. The van der Waals surface area contributed by atoms with E-state index in [-0.39, 0.29) is 11.8 Å². The van der Waals surface area contributed by atoms with Crippen molar-refractivity contribution in [3.05, 3.63) is 95.8 Å². The van der Waals surface area contributed by atoms with Crippen LogP contribution in [0.3, 0.4) is 0 Å². The minimum absolute atomic E-state index is 0.106. The highest BCUT2D eigenvalue weighted by Gasteiger charge is 2.19. The van der Waals surface area contributed by atoms with Gasteiger partial charge in [-0.2, -0.15) is 0 Å². The molecule has 30 heavy (non-hydrogen) atoms. The molecule has 1 aliphatic rings. The molecule has 5 nitrogen and oxygen atoms in total. The van der Waals surface area contributed by atoms with E-state index in [1.165, 1.54) is 5.56 Å². The Kier molecular flexibility index (Phi) is 6.40. The Bertz CT molecular complexity index is 1000. The van der Waals surface area contributed by atoms with Crippen molar-refractivity contribution in [2.75, 3.05) is 13.2 Å². The van der Waals surface area contributed by atoms with Crippen molar-refractivity contribution < 1.29 is 14.3 Å². The van der Waals surface area contributed by atoms with Gasteiger partial charge in [0.25, 0.3) is 0 Å². The lowest BCUT2D eigenvalue weighted by molar-refractivity contribution is -0.116. The molecule has 1 atom stereocenters. The maximum atomic E-state index is 12.2. The average molecular weight is 400 g/mol. The zero-order chi connectivity index (χ0) is 20.6. The van der Waals surface area contributed by atoms with E-state index in [9.17, 15) is 4.79 Å². The third-order valence-electron chi connectivity index (χ3n) is 4.96. The standard InChI is InChI=1S/C25H24N2O3/c28-25(27-16-21-14-22-5-1-2-6-24(22)30-18-21)12-9-19-7-10-23(11-8-19)29-17-20-4-3-13-26-15-20/h1-13,15,21H,14,16-18H2,(H,27,28). The van der Waals surface area contributed by atoms with Crippen molar-refractivity contribution in [3.8, 4) is 11.5 Å². The zero-order valence-corrected chi connectivity index (χ0v) is 16.7. The lowest BCUT2D eigenvalue weighted by atomic mass is 9.97. The molecule has 5 heteroatoms. The number of fused-ring (bicyclic) bond motifs is 1. The number of pyridine rings is 1. The summed E-state index contributed by atoms with van der Waals surface area (Å²) in [6.07, 6.45) is 7.80. The molecule has 1 unspecified atom stereocenters. The summed E-state index contributed by atoms with van der Waals surface area (Å²) >= 11 is 0. The van der Waals surface area contributed by atoms with Gasteiger partial charge in [-0.15, -0.1) is 0 Å². The first kappa shape index (κ1) is 19.7. The maximum absolute atomic E-state index is 12.2. The fourth-order valence-electron chi connectivity index (χ4n) is 3.32. The average Bonchev–Trinajstić information content (AvgIpc) is 2.81. The first-order valence-electron chi connectivity index (χ1n) is 10.0. The number of rotatable bonds is 7. The topological polar surface area (TPSA) is 60.5 Å². The number of benzene rings is 2. The normalized spacial score (nSPS) is 15.3. The van der Waals surface area contributed by atoms with Crippen LogP contribution in [-0.4, -0.2) is 24.0 Å². The Morgan fingerprint density at radius 2 is 2.00 bits per heavy atom. The molecule has 0 saturated carbocycles. The smallest absolute Gasteiger partial charge is 0.244 e. The van der Waals surface area contributed by atoms with E-state index < -0.39 is 0 Å². The van der Waals surface area contributed by atoms with Gasteiger partial charge in [0.05, 0.1) is 6.61 Å². The number of hydrogen-bond donors (Lipinski definition) is 1. The molecule has 2 aromatic carbocycles. The molecule has 2 heterocycles. The van der Waals surface area contributed by atoms with Crippen molar-refractivity contribution in [1.29, 1.82) is 0 Å². The summed E-state index contributed by atoms with van der Waals surface area (Å²) in [6.45, 7) is 1.70. The predicted molar refractivity (Wildman–Crippen MR) is 116 cm³/mol. The zero-order valence-electron chi connectivity index (χ0n) is 16.7. The first-order chi connectivity index (χ1) is 14.8. The van der Waals surface area contributed by atoms with E-state index in [0.29, 0.717) is 19.8 Å². The summed E-state index contributed by atoms with van der Waals surface area (Å²) in [6, 6.07) is 19.6. The monoisotopic (exact) mass is 400 g/mol. The third-order valence-corrected chi connectivity index (χ3v) is 4.96.